The van der Waals surface area contributed by atoms with E-state index in [1.165, 1.54) is 18.5 Å². The van der Waals surface area contributed by atoms with Crippen molar-refractivity contribution in [2.45, 2.75) is 45.8 Å². The van der Waals surface area contributed by atoms with Gasteiger partial charge >= 0.3 is 11.4 Å². The average molecular weight is 322 g/mol. The lowest BCUT2D eigenvalue weighted by molar-refractivity contribution is 0.367. The molecule has 0 aliphatic carbocycles. The molecule has 0 saturated carbocycles. The van der Waals surface area contributed by atoms with Gasteiger partial charge in [0, 0.05) is 0 Å². The highest BCUT2D eigenvalue weighted by atomic mass is 16.6. The fourth-order valence-corrected chi connectivity index (χ4v) is 2.54. The Morgan fingerprint density at radius 1 is 0.913 bits per heavy atom. The molecule has 10 heteroatoms. The third-order valence-corrected chi connectivity index (χ3v) is 4.06. The first kappa shape index (κ1) is 14.4. The molecule has 4 heterocycles. The molecule has 124 valence electrons. The summed E-state index contributed by atoms with van der Waals surface area (Å²) >= 11 is 0. The molecule has 0 amide bonds. The van der Waals surface area contributed by atoms with E-state index >= 15 is 0 Å². The predicted molar refractivity (Wildman–Crippen MR) is 77.3 cm³/mol. The van der Waals surface area contributed by atoms with Gasteiger partial charge in [-0.1, -0.05) is 0 Å². The number of rotatable bonds is 6. The SMILES string of the molecule is Cc1nn(C[C@H]2CO2)c(=O)n1Cn1c(C)nn(C[C@H]2CO2)c1=O. The van der Waals surface area contributed by atoms with Crippen LogP contribution in [0.15, 0.2) is 9.59 Å². The summed E-state index contributed by atoms with van der Waals surface area (Å²) in [6.45, 7) is 5.80. The molecule has 0 radical (unpaired) electrons. The Hall–Kier alpha value is -2.20. The maximum atomic E-state index is 12.4. The molecule has 2 aliphatic rings. The second-order valence-corrected chi connectivity index (χ2v) is 5.93. The van der Waals surface area contributed by atoms with E-state index in [-0.39, 0.29) is 30.3 Å². The first-order valence-electron chi connectivity index (χ1n) is 7.54. The summed E-state index contributed by atoms with van der Waals surface area (Å²) in [7, 11) is 0. The van der Waals surface area contributed by atoms with Gasteiger partial charge in [-0.2, -0.15) is 10.2 Å². The van der Waals surface area contributed by atoms with Crippen LogP contribution in [0.2, 0.25) is 0 Å². The third kappa shape index (κ3) is 2.75. The van der Waals surface area contributed by atoms with Crippen molar-refractivity contribution >= 4 is 0 Å². The summed E-state index contributed by atoms with van der Waals surface area (Å²) in [6, 6.07) is 0. The van der Waals surface area contributed by atoms with Gasteiger partial charge in [-0.05, 0) is 13.8 Å². The minimum Gasteiger partial charge on any atom is -0.371 e. The summed E-state index contributed by atoms with van der Waals surface area (Å²) in [5.41, 5.74) is -0.495. The normalized spacial score (nSPS) is 22.5. The predicted octanol–water partition coefficient (Wildman–Crippen LogP) is -1.68. The minimum atomic E-state index is -0.248. The highest BCUT2D eigenvalue weighted by Gasteiger charge is 2.27. The number of hydrogen-bond acceptors (Lipinski definition) is 6. The van der Waals surface area contributed by atoms with Crippen LogP contribution >= 0.6 is 0 Å². The topological polar surface area (TPSA) is 105 Å². The van der Waals surface area contributed by atoms with E-state index in [0.717, 1.165) is 0 Å². The van der Waals surface area contributed by atoms with Crippen LogP contribution in [-0.2, 0) is 29.2 Å². The van der Waals surface area contributed by atoms with Crippen LogP contribution in [0, 0.1) is 13.8 Å². The Kier molecular flexibility index (Phi) is 3.23. The van der Waals surface area contributed by atoms with Crippen LogP contribution in [0.4, 0.5) is 0 Å². The molecule has 2 saturated heterocycles. The molecule has 2 aromatic rings. The zero-order valence-corrected chi connectivity index (χ0v) is 13.0. The summed E-state index contributed by atoms with van der Waals surface area (Å²) in [4.78, 5) is 24.8. The Morgan fingerprint density at radius 3 is 1.65 bits per heavy atom. The number of hydrogen-bond donors (Lipinski definition) is 0. The van der Waals surface area contributed by atoms with Crippen LogP contribution in [0.5, 0.6) is 0 Å². The Labute approximate surface area is 130 Å². The molecule has 2 fully saturated rings. The maximum Gasteiger partial charge on any atom is 0.347 e. The highest BCUT2D eigenvalue weighted by Crippen LogP contribution is 2.11. The zero-order valence-electron chi connectivity index (χ0n) is 13.0. The molecule has 4 rings (SSSR count). The fourth-order valence-electron chi connectivity index (χ4n) is 2.54. The van der Waals surface area contributed by atoms with Gasteiger partial charge in [-0.3, -0.25) is 9.13 Å². The van der Waals surface area contributed by atoms with E-state index in [1.54, 1.807) is 13.8 Å². The Morgan fingerprint density at radius 2 is 1.30 bits per heavy atom. The van der Waals surface area contributed by atoms with Crippen LogP contribution in [-0.4, -0.2) is 54.1 Å². The lowest BCUT2D eigenvalue weighted by Crippen LogP contribution is -2.34. The van der Waals surface area contributed by atoms with Crippen molar-refractivity contribution in [2.24, 2.45) is 0 Å². The third-order valence-electron chi connectivity index (χ3n) is 4.06. The lowest BCUT2D eigenvalue weighted by atomic mass is 10.5. The molecule has 0 spiro atoms. The summed E-state index contributed by atoms with van der Waals surface area (Å²) in [5.74, 6) is 1.11. The van der Waals surface area contributed by atoms with E-state index in [4.69, 9.17) is 9.47 Å². The fraction of sp³-hybridized carbons (Fsp3) is 0.692. The van der Waals surface area contributed by atoms with Gasteiger partial charge in [0.05, 0.1) is 26.3 Å². The molecule has 0 bridgehead atoms. The van der Waals surface area contributed by atoms with Gasteiger partial charge in [0.1, 0.15) is 30.5 Å². The summed E-state index contributed by atoms with van der Waals surface area (Å²) < 4.78 is 16.0. The molecule has 10 nitrogen and oxygen atoms in total. The molecular formula is C13H18N6O4. The number of aromatic nitrogens is 6. The van der Waals surface area contributed by atoms with Crippen molar-refractivity contribution in [1.82, 2.24) is 28.7 Å². The van der Waals surface area contributed by atoms with Crippen molar-refractivity contribution in [3.8, 4) is 0 Å². The molecule has 0 aromatic carbocycles. The quantitative estimate of drug-likeness (QED) is 0.589. The largest absolute Gasteiger partial charge is 0.371 e. The van der Waals surface area contributed by atoms with Crippen molar-refractivity contribution in [1.29, 1.82) is 0 Å². The van der Waals surface area contributed by atoms with E-state index in [9.17, 15) is 9.59 Å². The average Bonchev–Trinajstić information content (AvgIpc) is 3.39. The molecule has 23 heavy (non-hydrogen) atoms. The molecule has 2 aliphatic heterocycles. The van der Waals surface area contributed by atoms with Gasteiger partial charge < -0.3 is 9.47 Å². The van der Waals surface area contributed by atoms with Crippen LogP contribution < -0.4 is 11.4 Å². The zero-order chi connectivity index (χ0) is 16.1. The van der Waals surface area contributed by atoms with E-state index in [0.29, 0.717) is 38.0 Å². The summed E-state index contributed by atoms with van der Waals surface area (Å²) in [5, 5.41) is 8.47. The van der Waals surface area contributed by atoms with E-state index in [1.807, 2.05) is 0 Å². The van der Waals surface area contributed by atoms with Crippen LogP contribution in [0.25, 0.3) is 0 Å². The van der Waals surface area contributed by atoms with Crippen LogP contribution in [0.1, 0.15) is 11.6 Å². The smallest absolute Gasteiger partial charge is 0.347 e. The lowest BCUT2D eigenvalue weighted by Gasteiger charge is -2.04. The highest BCUT2D eigenvalue weighted by molar-refractivity contribution is 4.90. The van der Waals surface area contributed by atoms with Gasteiger partial charge in [-0.15, -0.1) is 0 Å². The van der Waals surface area contributed by atoms with Crippen molar-refractivity contribution in [3.63, 3.8) is 0 Å². The second kappa shape index (κ2) is 5.17. The molecular weight excluding hydrogens is 304 g/mol. The Bertz CT molecular complexity index is 781. The van der Waals surface area contributed by atoms with E-state index in [2.05, 4.69) is 10.2 Å². The first-order valence-corrected chi connectivity index (χ1v) is 7.54. The maximum absolute atomic E-state index is 12.4. The number of ether oxygens (including phenoxy) is 2. The number of aryl methyl sites for hydroxylation is 2. The van der Waals surface area contributed by atoms with Gasteiger partial charge in [-0.25, -0.2) is 19.0 Å². The molecule has 2 atom stereocenters. The van der Waals surface area contributed by atoms with Crippen LogP contribution in [0.3, 0.4) is 0 Å². The number of epoxide rings is 2. The first-order chi connectivity index (χ1) is 11.0. The monoisotopic (exact) mass is 322 g/mol. The van der Waals surface area contributed by atoms with Crippen molar-refractivity contribution in [3.05, 3.63) is 32.6 Å². The van der Waals surface area contributed by atoms with Crippen molar-refractivity contribution < 1.29 is 9.47 Å². The standard InChI is InChI=1S/C13H18N6O4/c1-8-14-18(3-10-5-22-10)12(20)16(8)7-17-9(2)15-19(13(17)21)4-11-6-23-11/h10-11H,3-7H2,1-2H3/t10-,11-/m0/s1. The molecule has 0 unspecified atom stereocenters. The Balaban J connectivity index is 1.62. The van der Waals surface area contributed by atoms with E-state index < -0.39 is 0 Å². The minimum absolute atomic E-state index is 0.0706. The van der Waals surface area contributed by atoms with Gasteiger partial charge in [0.2, 0.25) is 0 Å². The van der Waals surface area contributed by atoms with Gasteiger partial charge in [0.15, 0.2) is 0 Å². The van der Waals surface area contributed by atoms with Crippen molar-refractivity contribution in [2.75, 3.05) is 13.2 Å². The van der Waals surface area contributed by atoms with Gasteiger partial charge in [0.25, 0.3) is 0 Å². The number of nitrogens with zero attached hydrogens (tertiary/aromatic N) is 6. The second-order valence-electron chi connectivity index (χ2n) is 5.93. The molecule has 0 N–H and O–H groups in total. The molecule has 2 aromatic heterocycles. The summed E-state index contributed by atoms with van der Waals surface area (Å²) in [6.07, 6.45) is 0.141.